The van der Waals surface area contributed by atoms with Crippen LogP contribution in [0.4, 0.5) is 0 Å². The molecule has 8 nitrogen and oxygen atoms in total. The smallest absolute Gasteiger partial charge is 0.306 e. The van der Waals surface area contributed by atoms with E-state index in [0.29, 0.717) is 23.0 Å². The highest BCUT2D eigenvalue weighted by atomic mass is 16.5. The number of aryl methyl sites for hydroxylation is 4. The number of nitrogens with zero attached hydrogens (tertiary/aromatic N) is 4. The van der Waals surface area contributed by atoms with Crippen molar-refractivity contribution in [3.8, 4) is 17.2 Å². The van der Waals surface area contributed by atoms with Gasteiger partial charge in [0.25, 0.3) is 0 Å². The maximum atomic E-state index is 12.9. The van der Waals surface area contributed by atoms with Gasteiger partial charge in [0, 0.05) is 35.3 Å². The molecule has 0 fully saturated rings. The Bertz CT molecular complexity index is 1390. The number of ketones is 1. The molecule has 0 amide bonds. The number of rotatable bonds is 8. The third-order valence-corrected chi connectivity index (χ3v) is 6.34. The van der Waals surface area contributed by atoms with Gasteiger partial charge in [0.1, 0.15) is 5.69 Å². The number of hydrogen-bond acceptors (Lipinski definition) is 7. The number of benzene rings is 1. The Hall–Kier alpha value is -4.07. The van der Waals surface area contributed by atoms with E-state index in [0.717, 1.165) is 29.9 Å². The Kier molecular flexibility index (Phi) is 6.27. The summed E-state index contributed by atoms with van der Waals surface area (Å²) in [5.74, 6) is -0.0489. The molecule has 0 radical (unpaired) electrons. The number of fused-ring (bicyclic) bond motifs is 1. The molecule has 0 saturated heterocycles. The van der Waals surface area contributed by atoms with Gasteiger partial charge in [-0.1, -0.05) is 17.3 Å². The van der Waals surface area contributed by atoms with Gasteiger partial charge in [-0.25, -0.2) is 0 Å². The Morgan fingerprint density at radius 2 is 1.94 bits per heavy atom. The minimum absolute atomic E-state index is 0.0330. The number of esters is 1. The van der Waals surface area contributed by atoms with Crippen LogP contribution >= 0.6 is 0 Å². The van der Waals surface area contributed by atoms with Crippen LogP contribution in [0.1, 0.15) is 51.6 Å². The Morgan fingerprint density at radius 1 is 1.09 bits per heavy atom. The maximum absolute atomic E-state index is 12.9. The number of carbonyl (C=O) groups excluding carboxylic acids is 2. The van der Waals surface area contributed by atoms with Crippen molar-refractivity contribution in [3.63, 3.8) is 0 Å². The molecule has 3 aromatic heterocycles. The normalized spacial score (nSPS) is 12.5. The van der Waals surface area contributed by atoms with Crippen molar-refractivity contribution in [2.75, 3.05) is 6.61 Å². The maximum Gasteiger partial charge on any atom is 0.306 e. The number of ether oxygens (including phenoxy) is 1. The van der Waals surface area contributed by atoms with E-state index in [9.17, 15) is 9.59 Å². The molecule has 1 aromatic carbocycles. The molecule has 0 bridgehead atoms. The first-order chi connectivity index (χ1) is 17.0. The summed E-state index contributed by atoms with van der Waals surface area (Å²) in [5, 5.41) is 3.89. The molecule has 0 saturated carbocycles. The van der Waals surface area contributed by atoms with Gasteiger partial charge in [0.2, 0.25) is 17.5 Å². The highest BCUT2D eigenvalue weighted by Gasteiger charge is 2.20. The van der Waals surface area contributed by atoms with Crippen LogP contribution in [0.5, 0.6) is 0 Å². The number of aromatic nitrogens is 4. The van der Waals surface area contributed by atoms with Crippen molar-refractivity contribution < 1.29 is 18.8 Å². The summed E-state index contributed by atoms with van der Waals surface area (Å²) >= 11 is 0. The second kappa shape index (κ2) is 9.66. The van der Waals surface area contributed by atoms with Crippen molar-refractivity contribution in [1.82, 2.24) is 19.7 Å². The molecule has 35 heavy (non-hydrogen) atoms. The predicted molar refractivity (Wildman–Crippen MR) is 128 cm³/mol. The minimum Gasteiger partial charge on any atom is -0.457 e. The fraction of sp³-hybridized carbons (Fsp3) is 0.296. The molecule has 0 aliphatic heterocycles. The molecule has 0 atom stereocenters. The van der Waals surface area contributed by atoms with E-state index in [-0.39, 0.29) is 25.2 Å². The average Bonchev–Trinajstić information content (AvgIpc) is 3.60. The highest BCUT2D eigenvalue weighted by molar-refractivity contribution is 5.99. The van der Waals surface area contributed by atoms with E-state index in [1.54, 1.807) is 18.3 Å². The van der Waals surface area contributed by atoms with Gasteiger partial charge < -0.3 is 13.8 Å². The lowest BCUT2D eigenvalue weighted by Crippen LogP contribution is -2.15. The Balaban J connectivity index is 1.18. The standard InChI is InChI=1S/C27H26N4O4/c1-17-14-22(18(2)31(17)21-10-9-19-6-5-7-20(19)15-21)24(32)16-34-26(33)12-11-25-29-27(30-35-25)23-8-3-4-13-28-23/h3-4,8-10,13-15H,5-7,11-12,16H2,1-2H3. The zero-order valence-electron chi connectivity index (χ0n) is 19.8. The Labute approximate surface area is 203 Å². The van der Waals surface area contributed by atoms with Crippen molar-refractivity contribution in [3.05, 3.63) is 82.6 Å². The second-order valence-electron chi connectivity index (χ2n) is 8.74. The van der Waals surface area contributed by atoms with E-state index in [2.05, 4.69) is 37.9 Å². The van der Waals surface area contributed by atoms with Crippen LogP contribution < -0.4 is 0 Å². The molecular formula is C27H26N4O4. The molecule has 0 N–H and O–H groups in total. The minimum atomic E-state index is -0.497. The third kappa shape index (κ3) is 4.77. The lowest BCUT2D eigenvalue weighted by Gasteiger charge is -2.12. The summed E-state index contributed by atoms with van der Waals surface area (Å²) in [6.07, 6.45) is 5.31. The third-order valence-electron chi connectivity index (χ3n) is 6.34. The first-order valence-electron chi connectivity index (χ1n) is 11.7. The first-order valence-corrected chi connectivity index (χ1v) is 11.7. The Morgan fingerprint density at radius 3 is 2.77 bits per heavy atom. The van der Waals surface area contributed by atoms with Gasteiger partial charge in [-0.3, -0.25) is 14.6 Å². The zero-order valence-corrected chi connectivity index (χ0v) is 19.8. The van der Waals surface area contributed by atoms with Crippen molar-refractivity contribution >= 4 is 11.8 Å². The van der Waals surface area contributed by atoms with E-state index >= 15 is 0 Å². The molecule has 3 heterocycles. The largest absolute Gasteiger partial charge is 0.457 e. The summed E-state index contributed by atoms with van der Waals surface area (Å²) in [4.78, 5) is 33.5. The zero-order chi connectivity index (χ0) is 24.4. The highest BCUT2D eigenvalue weighted by Crippen LogP contribution is 2.27. The van der Waals surface area contributed by atoms with Crippen molar-refractivity contribution in [1.29, 1.82) is 0 Å². The fourth-order valence-corrected chi connectivity index (χ4v) is 4.60. The summed E-state index contributed by atoms with van der Waals surface area (Å²) in [6, 6.07) is 13.8. The number of hydrogen-bond donors (Lipinski definition) is 0. The van der Waals surface area contributed by atoms with Gasteiger partial charge in [0.15, 0.2) is 6.61 Å². The van der Waals surface area contributed by atoms with Crippen molar-refractivity contribution in [2.24, 2.45) is 0 Å². The van der Waals surface area contributed by atoms with Crippen LogP contribution in [0.25, 0.3) is 17.2 Å². The molecular weight excluding hydrogens is 444 g/mol. The van der Waals surface area contributed by atoms with Gasteiger partial charge in [-0.2, -0.15) is 4.98 Å². The second-order valence-corrected chi connectivity index (χ2v) is 8.74. The van der Waals surface area contributed by atoms with Gasteiger partial charge >= 0.3 is 5.97 Å². The van der Waals surface area contributed by atoms with E-state index in [1.807, 2.05) is 26.0 Å². The summed E-state index contributed by atoms with van der Waals surface area (Å²) < 4.78 is 12.5. The fourth-order valence-electron chi connectivity index (χ4n) is 4.60. The predicted octanol–water partition coefficient (Wildman–Crippen LogP) is 4.39. The van der Waals surface area contributed by atoms with Crippen LogP contribution in [0, 0.1) is 13.8 Å². The average molecular weight is 471 g/mol. The van der Waals surface area contributed by atoms with Crippen LogP contribution in [0.2, 0.25) is 0 Å². The number of Topliss-reactive ketones (excluding diaryl/α,β-unsaturated/α-hetero) is 1. The molecule has 0 unspecified atom stereocenters. The van der Waals surface area contributed by atoms with Crippen LogP contribution in [-0.2, 0) is 28.8 Å². The monoisotopic (exact) mass is 470 g/mol. The molecule has 5 rings (SSSR count). The van der Waals surface area contributed by atoms with E-state index < -0.39 is 5.97 Å². The molecule has 4 aromatic rings. The molecule has 1 aliphatic rings. The van der Waals surface area contributed by atoms with Crippen molar-refractivity contribution in [2.45, 2.75) is 46.0 Å². The summed E-state index contributed by atoms with van der Waals surface area (Å²) in [5.41, 5.74) is 6.81. The lowest BCUT2D eigenvalue weighted by molar-refractivity contribution is -0.142. The lowest BCUT2D eigenvalue weighted by atomic mass is 10.1. The molecule has 178 valence electrons. The van der Waals surface area contributed by atoms with E-state index in [4.69, 9.17) is 9.26 Å². The van der Waals surface area contributed by atoms with Crippen LogP contribution in [-0.4, -0.2) is 38.1 Å². The molecule has 8 heteroatoms. The van der Waals surface area contributed by atoms with Gasteiger partial charge in [-0.15, -0.1) is 0 Å². The molecule has 1 aliphatic carbocycles. The SMILES string of the molecule is Cc1cc(C(=O)COC(=O)CCc2nc(-c3ccccn3)no2)c(C)n1-c1ccc2c(c1)CCC2. The van der Waals surface area contributed by atoms with Gasteiger partial charge in [0.05, 0.1) is 6.42 Å². The quantitative estimate of drug-likeness (QED) is 0.278. The first kappa shape index (κ1) is 22.7. The summed E-state index contributed by atoms with van der Waals surface area (Å²) in [6.45, 7) is 3.59. The topological polar surface area (TPSA) is 100 Å². The number of carbonyl (C=O) groups is 2. The van der Waals surface area contributed by atoms with Crippen LogP contribution in [0.15, 0.2) is 53.2 Å². The molecule has 0 spiro atoms. The van der Waals surface area contributed by atoms with Crippen LogP contribution in [0.3, 0.4) is 0 Å². The van der Waals surface area contributed by atoms with E-state index in [1.165, 1.54) is 17.5 Å². The summed E-state index contributed by atoms with van der Waals surface area (Å²) in [7, 11) is 0. The van der Waals surface area contributed by atoms with Gasteiger partial charge in [-0.05, 0) is 74.6 Å². The number of pyridine rings is 1.